The number of nitrogens with one attached hydrogen (secondary N) is 1. The molecule has 1 heteroatoms. The number of fused-ring (bicyclic) bond motifs is 1. The lowest BCUT2D eigenvalue weighted by atomic mass is 9.42. The quantitative estimate of drug-likeness (QED) is 0.699. The highest BCUT2D eigenvalue weighted by Crippen LogP contribution is 2.62. The van der Waals surface area contributed by atoms with Crippen molar-refractivity contribution in [1.82, 2.24) is 5.32 Å². The zero-order chi connectivity index (χ0) is 11.0. The van der Waals surface area contributed by atoms with Crippen LogP contribution in [0.5, 0.6) is 0 Å². The minimum Gasteiger partial charge on any atom is -0.313 e. The van der Waals surface area contributed by atoms with Gasteiger partial charge in [-0.2, -0.15) is 0 Å². The maximum atomic E-state index is 3.48. The molecule has 1 nitrogen and oxygen atoms in total. The van der Waals surface area contributed by atoms with Gasteiger partial charge in [0.25, 0.3) is 0 Å². The molecule has 0 bridgehead atoms. The van der Waals surface area contributed by atoms with Crippen LogP contribution in [0.15, 0.2) is 12.2 Å². The summed E-state index contributed by atoms with van der Waals surface area (Å²) in [6.45, 7) is 7.08. The Labute approximate surface area is 94.3 Å². The molecule has 2 aliphatic carbocycles. The van der Waals surface area contributed by atoms with Crippen LogP contribution in [0.2, 0.25) is 0 Å². The summed E-state index contributed by atoms with van der Waals surface area (Å²) >= 11 is 0. The second-order valence-corrected chi connectivity index (χ2v) is 5.54. The van der Waals surface area contributed by atoms with Gasteiger partial charge in [-0.1, -0.05) is 32.9 Å². The lowest BCUT2D eigenvalue weighted by Crippen LogP contribution is -2.62. The van der Waals surface area contributed by atoms with E-state index in [9.17, 15) is 0 Å². The molecule has 1 N–H and O–H groups in total. The van der Waals surface area contributed by atoms with Crippen molar-refractivity contribution in [1.29, 1.82) is 0 Å². The van der Waals surface area contributed by atoms with Crippen molar-refractivity contribution in [3.8, 4) is 0 Å². The fraction of sp³-hybridized carbons (Fsp3) is 0.857. The standard InChI is InChI=1S/C14H25N/c1-5-6-7-12(15-4)14-10(3)13-9(2)8-11(13)14/h6-7,9-15H,5,8H2,1-4H3. The highest BCUT2D eigenvalue weighted by atomic mass is 14.9. The van der Waals surface area contributed by atoms with Crippen molar-refractivity contribution >= 4 is 0 Å². The molecule has 2 saturated carbocycles. The van der Waals surface area contributed by atoms with E-state index in [1.165, 1.54) is 6.42 Å². The molecule has 2 rings (SSSR count). The van der Waals surface area contributed by atoms with Crippen LogP contribution in [0.3, 0.4) is 0 Å². The number of allylic oxidation sites excluding steroid dienone is 1. The van der Waals surface area contributed by atoms with E-state index in [0.29, 0.717) is 6.04 Å². The van der Waals surface area contributed by atoms with Crippen molar-refractivity contribution < 1.29 is 0 Å². The van der Waals surface area contributed by atoms with Crippen molar-refractivity contribution in [2.24, 2.45) is 29.6 Å². The lowest BCUT2D eigenvalue weighted by Gasteiger charge is -2.64. The van der Waals surface area contributed by atoms with E-state index in [1.54, 1.807) is 0 Å². The average molecular weight is 207 g/mol. The Morgan fingerprint density at radius 1 is 1.40 bits per heavy atom. The van der Waals surface area contributed by atoms with E-state index in [2.05, 4.69) is 45.3 Å². The van der Waals surface area contributed by atoms with E-state index in [0.717, 1.165) is 36.0 Å². The fourth-order valence-electron chi connectivity index (χ4n) is 4.09. The van der Waals surface area contributed by atoms with Gasteiger partial charge in [-0.15, -0.1) is 0 Å². The van der Waals surface area contributed by atoms with Crippen LogP contribution >= 0.6 is 0 Å². The van der Waals surface area contributed by atoms with Crippen LogP contribution in [0.25, 0.3) is 0 Å². The maximum absolute atomic E-state index is 3.48. The van der Waals surface area contributed by atoms with Crippen LogP contribution in [-0.4, -0.2) is 13.1 Å². The molecule has 0 saturated heterocycles. The summed E-state index contributed by atoms with van der Waals surface area (Å²) in [5.41, 5.74) is 0. The number of hydrogen-bond acceptors (Lipinski definition) is 1. The Kier molecular flexibility index (Phi) is 3.20. The van der Waals surface area contributed by atoms with Gasteiger partial charge in [-0.3, -0.25) is 0 Å². The highest BCUT2D eigenvalue weighted by molar-refractivity contribution is 5.12. The molecule has 0 aromatic heterocycles. The first-order valence-electron chi connectivity index (χ1n) is 6.54. The highest BCUT2D eigenvalue weighted by Gasteiger charge is 2.58. The van der Waals surface area contributed by atoms with Gasteiger partial charge in [0.1, 0.15) is 0 Å². The molecular weight excluding hydrogens is 182 g/mol. The molecule has 0 heterocycles. The number of rotatable bonds is 4. The predicted molar refractivity (Wildman–Crippen MR) is 65.7 cm³/mol. The molecule has 0 spiro atoms. The summed E-state index contributed by atoms with van der Waals surface area (Å²) in [5.74, 6) is 4.89. The third kappa shape index (κ3) is 1.65. The lowest BCUT2D eigenvalue weighted by molar-refractivity contribution is -0.144. The molecule has 0 amide bonds. The zero-order valence-electron chi connectivity index (χ0n) is 10.5. The van der Waals surface area contributed by atoms with Crippen molar-refractivity contribution in [2.45, 2.75) is 39.7 Å². The first kappa shape index (κ1) is 11.2. The van der Waals surface area contributed by atoms with Gasteiger partial charge in [0.05, 0.1) is 0 Å². The molecular formula is C14H25N. The van der Waals surface area contributed by atoms with Crippen LogP contribution in [0, 0.1) is 29.6 Å². The summed E-state index contributed by atoms with van der Waals surface area (Å²) in [6, 6.07) is 0.619. The molecule has 6 atom stereocenters. The van der Waals surface area contributed by atoms with Crippen LogP contribution in [0.1, 0.15) is 33.6 Å². The van der Waals surface area contributed by atoms with Crippen LogP contribution in [-0.2, 0) is 0 Å². The monoisotopic (exact) mass is 207 g/mol. The number of likely N-dealkylation sites (N-methyl/N-ethyl adjacent to an activating group) is 1. The molecule has 0 radical (unpaired) electrons. The van der Waals surface area contributed by atoms with Gasteiger partial charge in [-0.25, -0.2) is 0 Å². The van der Waals surface area contributed by atoms with E-state index in [1.807, 2.05) is 0 Å². The van der Waals surface area contributed by atoms with Crippen LogP contribution < -0.4 is 5.32 Å². The van der Waals surface area contributed by atoms with Crippen molar-refractivity contribution in [3.05, 3.63) is 12.2 Å². The van der Waals surface area contributed by atoms with Crippen LogP contribution in [0.4, 0.5) is 0 Å². The Bertz CT molecular complexity index is 240. The van der Waals surface area contributed by atoms with Gasteiger partial charge in [0, 0.05) is 6.04 Å². The van der Waals surface area contributed by atoms with E-state index >= 15 is 0 Å². The Morgan fingerprint density at radius 2 is 2.13 bits per heavy atom. The topological polar surface area (TPSA) is 12.0 Å². The Balaban J connectivity index is 1.96. The molecule has 0 aromatic carbocycles. The van der Waals surface area contributed by atoms with Crippen molar-refractivity contribution in [2.75, 3.05) is 7.05 Å². The summed E-state index contributed by atoms with van der Waals surface area (Å²) in [7, 11) is 2.10. The molecule has 15 heavy (non-hydrogen) atoms. The Morgan fingerprint density at radius 3 is 2.60 bits per heavy atom. The second-order valence-electron chi connectivity index (χ2n) is 5.54. The number of hydrogen-bond donors (Lipinski definition) is 1. The first-order chi connectivity index (χ1) is 7.20. The van der Waals surface area contributed by atoms with E-state index in [4.69, 9.17) is 0 Å². The Hall–Kier alpha value is -0.300. The molecule has 0 aliphatic heterocycles. The smallest absolute Gasteiger partial charge is 0.0280 e. The van der Waals surface area contributed by atoms with E-state index in [-0.39, 0.29) is 0 Å². The zero-order valence-corrected chi connectivity index (χ0v) is 10.5. The predicted octanol–water partition coefficient (Wildman–Crippen LogP) is 3.08. The third-order valence-corrected chi connectivity index (χ3v) is 4.83. The SMILES string of the molecule is CCC=CC(NC)C1C(C)C2C(C)CC21. The summed E-state index contributed by atoms with van der Waals surface area (Å²) in [4.78, 5) is 0. The first-order valence-corrected chi connectivity index (χ1v) is 6.54. The van der Waals surface area contributed by atoms with Crippen molar-refractivity contribution in [3.63, 3.8) is 0 Å². The minimum atomic E-state index is 0.619. The average Bonchev–Trinajstić information content (AvgIpc) is 2.21. The van der Waals surface area contributed by atoms with Gasteiger partial charge in [-0.05, 0) is 49.5 Å². The van der Waals surface area contributed by atoms with Gasteiger partial charge >= 0.3 is 0 Å². The molecule has 2 aliphatic rings. The minimum absolute atomic E-state index is 0.619. The van der Waals surface area contributed by atoms with Gasteiger partial charge in [0.2, 0.25) is 0 Å². The fourth-order valence-corrected chi connectivity index (χ4v) is 4.09. The largest absolute Gasteiger partial charge is 0.313 e. The summed E-state index contributed by atoms with van der Waals surface area (Å²) in [5, 5.41) is 3.48. The summed E-state index contributed by atoms with van der Waals surface area (Å²) < 4.78 is 0. The maximum Gasteiger partial charge on any atom is 0.0280 e. The second kappa shape index (κ2) is 4.29. The molecule has 6 unspecified atom stereocenters. The third-order valence-electron chi connectivity index (χ3n) is 4.83. The normalized spacial score (nSPS) is 45.7. The van der Waals surface area contributed by atoms with E-state index < -0.39 is 0 Å². The summed E-state index contributed by atoms with van der Waals surface area (Å²) in [6.07, 6.45) is 7.32. The molecule has 2 fully saturated rings. The molecule has 86 valence electrons. The van der Waals surface area contributed by atoms with Gasteiger partial charge < -0.3 is 5.32 Å². The molecule has 0 aromatic rings. The van der Waals surface area contributed by atoms with Gasteiger partial charge in [0.15, 0.2) is 0 Å².